The van der Waals surface area contributed by atoms with Crippen molar-refractivity contribution < 1.29 is 19.0 Å². The third kappa shape index (κ3) is 6.02. The Morgan fingerprint density at radius 3 is 2.55 bits per heavy atom. The zero-order valence-electron chi connectivity index (χ0n) is 18.2. The molecular weight excluding hydrogens is 402 g/mol. The Kier molecular flexibility index (Phi) is 7.96. The van der Waals surface area contributed by atoms with E-state index in [9.17, 15) is 9.59 Å². The standard InChI is InChI=1S/C21H29N5O5/c1-25-8-10-26(11-9-25)19(27)7-5-16-21(28)22-20(24-23-16)15-4-6-17(18(14-15)30-3)31-13-12-29-2/h4,6,14H,5,7-13H2,1-3H3,(H,22,24,28). The first-order valence-electron chi connectivity index (χ1n) is 10.2. The third-order valence-corrected chi connectivity index (χ3v) is 5.18. The number of likely N-dealkylation sites (N-methyl/N-ethyl adjacent to an activating group) is 1. The van der Waals surface area contributed by atoms with Crippen molar-refractivity contribution in [3.05, 3.63) is 34.2 Å². The molecule has 0 unspecified atom stereocenters. The van der Waals surface area contributed by atoms with Gasteiger partial charge in [0.05, 0.1) is 13.7 Å². The number of methoxy groups -OCH3 is 2. The second-order valence-electron chi connectivity index (χ2n) is 7.34. The zero-order valence-corrected chi connectivity index (χ0v) is 18.2. The molecule has 1 N–H and O–H groups in total. The fourth-order valence-electron chi connectivity index (χ4n) is 3.26. The first kappa shape index (κ1) is 22.7. The van der Waals surface area contributed by atoms with Gasteiger partial charge in [0.2, 0.25) is 5.91 Å². The predicted molar refractivity (Wildman–Crippen MR) is 114 cm³/mol. The molecule has 31 heavy (non-hydrogen) atoms. The molecule has 1 saturated heterocycles. The smallest absolute Gasteiger partial charge is 0.273 e. The molecule has 1 aromatic heterocycles. The van der Waals surface area contributed by atoms with Crippen LogP contribution in [0.15, 0.2) is 23.0 Å². The number of aromatic nitrogens is 3. The highest BCUT2D eigenvalue weighted by Gasteiger charge is 2.19. The Morgan fingerprint density at radius 2 is 1.87 bits per heavy atom. The predicted octanol–water partition coefficient (Wildman–Crippen LogP) is 0.572. The Balaban J connectivity index is 1.65. The normalized spacial score (nSPS) is 14.5. The molecule has 1 fully saturated rings. The van der Waals surface area contributed by atoms with Gasteiger partial charge in [0.15, 0.2) is 17.3 Å². The van der Waals surface area contributed by atoms with Crippen LogP contribution in [0.4, 0.5) is 0 Å². The van der Waals surface area contributed by atoms with Crippen LogP contribution in [0, 0.1) is 0 Å². The molecule has 1 aliphatic heterocycles. The van der Waals surface area contributed by atoms with Crippen LogP contribution in [-0.2, 0) is 16.0 Å². The number of carbonyl (C=O) groups is 1. The van der Waals surface area contributed by atoms with Crippen molar-refractivity contribution in [2.45, 2.75) is 12.8 Å². The molecule has 0 aliphatic carbocycles. The summed E-state index contributed by atoms with van der Waals surface area (Å²) in [6.07, 6.45) is 0.492. The number of ether oxygens (including phenoxy) is 3. The number of aromatic amines is 1. The summed E-state index contributed by atoms with van der Waals surface area (Å²) in [6.45, 7) is 4.00. The Bertz CT molecular complexity index is 940. The van der Waals surface area contributed by atoms with E-state index in [1.54, 1.807) is 25.3 Å². The molecule has 1 aliphatic rings. The molecule has 10 nitrogen and oxygen atoms in total. The molecule has 0 atom stereocenters. The summed E-state index contributed by atoms with van der Waals surface area (Å²) in [6, 6.07) is 5.23. The van der Waals surface area contributed by atoms with Crippen molar-refractivity contribution in [1.29, 1.82) is 0 Å². The van der Waals surface area contributed by atoms with Crippen molar-refractivity contribution in [3.8, 4) is 22.9 Å². The topological polar surface area (TPSA) is 110 Å². The number of benzene rings is 1. The lowest BCUT2D eigenvalue weighted by Crippen LogP contribution is -2.47. The number of piperazine rings is 1. The van der Waals surface area contributed by atoms with E-state index in [1.165, 1.54) is 7.11 Å². The molecule has 2 aromatic rings. The van der Waals surface area contributed by atoms with Gasteiger partial charge in [-0.25, -0.2) is 0 Å². The fraction of sp³-hybridized carbons (Fsp3) is 0.524. The molecule has 2 heterocycles. The lowest BCUT2D eigenvalue weighted by atomic mass is 10.2. The summed E-state index contributed by atoms with van der Waals surface area (Å²) < 4.78 is 16.0. The lowest BCUT2D eigenvalue weighted by molar-refractivity contribution is -0.132. The van der Waals surface area contributed by atoms with Crippen LogP contribution in [0.2, 0.25) is 0 Å². The maximum absolute atomic E-state index is 12.5. The molecule has 3 rings (SSSR count). The van der Waals surface area contributed by atoms with Gasteiger partial charge in [-0.2, -0.15) is 0 Å². The minimum absolute atomic E-state index is 0.0344. The van der Waals surface area contributed by atoms with Crippen molar-refractivity contribution in [3.63, 3.8) is 0 Å². The Morgan fingerprint density at radius 1 is 1.10 bits per heavy atom. The van der Waals surface area contributed by atoms with E-state index in [1.807, 2.05) is 11.9 Å². The van der Waals surface area contributed by atoms with E-state index in [0.29, 0.717) is 49.2 Å². The number of hydrogen-bond donors (Lipinski definition) is 1. The number of carbonyl (C=O) groups excluding carboxylic acids is 1. The molecule has 0 radical (unpaired) electrons. The van der Waals surface area contributed by atoms with E-state index < -0.39 is 0 Å². The SMILES string of the molecule is COCCOc1ccc(-c2nnc(CCC(=O)N3CCN(C)CC3)c(=O)[nH]2)cc1OC. The summed E-state index contributed by atoms with van der Waals surface area (Å²) in [5.41, 5.74) is 0.536. The summed E-state index contributed by atoms with van der Waals surface area (Å²) in [5, 5.41) is 8.20. The number of H-pyrrole nitrogens is 1. The van der Waals surface area contributed by atoms with Crippen LogP contribution in [-0.4, -0.2) is 91.5 Å². The van der Waals surface area contributed by atoms with Crippen LogP contribution in [0.1, 0.15) is 12.1 Å². The number of hydrogen-bond acceptors (Lipinski definition) is 8. The van der Waals surface area contributed by atoms with Crippen LogP contribution >= 0.6 is 0 Å². The zero-order chi connectivity index (χ0) is 22.2. The van der Waals surface area contributed by atoms with Crippen molar-refractivity contribution in [2.24, 2.45) is 0 Å². The molecule has 0 saturated carbocycles. The Labute approximate surface area is 181 Å². The number of rotatable bonds is 9. The van der Waals surface area contributed by atoms with Gasteiger partial charge in [0.25, 0.3) is 5.56 Å². The van der Waals surface area contributed by atoms with Gasteiger partial charge in [-0.05, 0) is 25.2 Å². The van der Waals surface area contributed by atoms with E-state index in [4.69, 9.17) is 14.2 Å². The van der Waals surface area contributed by atoms with Crippen LogP contribution < -0.4 is 15.0 Å². The van der Waals surface area contributed by atoms with Gasteiger partial charge in [-0.1, -0.05) is 0 Å². The highest BCUT2D eigenvalue weighted by molar-refractivity contribution is 5.76. The van der Waals surface area contributed by atoms with Gasteiger partial charge in [-0.3, -0.25) is 9.59 Å². The van der Waals surface area contributed by atoms with Crippen molar-refractivity contribution in [2.75, 3.05) is 60.7 Å². The van der Waals surface area contributed by atoms with E-state index in [0.717, 1.165) is 13.1 Å². The Hall–Kier alpha value is -2.98. The van der Waals surface area contributed by atoms with E-state index in [2.05, 4.69) is 20.1 Å². The molecule has 1 amide bonds. The average Bonchev–Trinajstić information content (AvgIpc) is 2.78. The second kappa shape index (κ2) is 10.9. The summed E-state index contributed by atoms with van der Waals surface area (Å²) in [7, 11) is 5.18. The fourth-order valence-corrected chi connectivity index (χ4v) is 3.26. The molecule has 1 aromatic carbocycles. The van der Waals surface area contributed by atoms with Gasteiger partial charge in [0.1, 0.15) is 12.3 Å². The van der Waals surface area contributed by atoms with Crippen LogP contribution in [0.25, 0.3) is 11.4 Å². The third-order valence-electron chi connectivity index (χ3n) is 5.18. The maximum Gasteiger partial charge on any atom is 0.273 e. The number of amides is 1. The van der Waals surface area contributed by atoms with Gasteiger partial charge >= 0.3 is 0 Å². The van der Waals surface area contributed by atoms with Crippen molar-refractivity contribution in [1.82, 2.24) is 25.0 Å². The number of aryl methyl sites for hydroxylation is 1. The highest BCUT2D eigenvalue weighted by Crippen LogP contribution is 2.31. The lowest BCUT2D eigenvalue weighted by Gasteiger charge is -2.32. The molecule has 10 heteroatoms. The number of nitrogens with zero attached hydrogens (tertiary/aromatic N) is 4. The highest BCUT2D eigenvalue weighted by atomic mass is 16.5. The summed E-state index contributed by atoms with van der Waals surface area (Å²) in [5.74, 6) is 1.43. The van der Waals surface area contributed by atoms with Crippen LogP contribution in [0.3, 0.4) is 0 Å². The average molecular weight is 431 g/mol. The van der Waals surface area contributed by atoms with E-state index >= 15 is 0 Å². The largest absolute Gasteiger partial charge is 0.493 e. The minimum Gasteiger partial charge on any atom is -0.493 e. The van der Waals surface area contributed by atoms with Gasteiger partial charge in [0, 0.05) is 51.7 Å². The minimum atomic E-state index is -0.351. The first-order valence-corrected chi connectivity index (χ1v) is 10.2. The second-order valence-corrected chi connectivity index (χ2v) is 7.34. The molecule has 168 valence electrons. The molecular formula is C21H29N5O5. The monoisotopic (exact) mass is 431 g/mol. The van der Waals surface area contributed by atoms with Crippen LogP contribution in [0.5, 0.6) is 11.5 Å². The number of nitrogens with one attached hydrogen (secondary N) is 1. The molecule has 0 bridgehead atoms. The summed E-state index contributed by atoms with van der Waals surface area (Å²) in [4.78, 5) is 31.6. The molecule has 0 spiro atoms. The maximum atomic E-state index is 12.5. The quantitative estimate of drug-likeness (QED) is 0.574. The summed E-state index contributed by atoms with van der Waals surface area (Å²) >= 11 is 0. The van der Waals surface area contributed by atoms with Gasteiger partial charge < -0.3 is 29.0 Å². The van der Waals surface area contributed by atoms with Crippen molar-refractivity contribution >= 4 is 5.91 Å². The van der Waals surface area contributed by atoms with E-state index in [-0.39, 0.29) is 30.0 Å². The van der Waals surface area contributed by atoms with Gasteiger partial charge in [-0.15, -0.1) is 10.2 Å². The first-order chi connectivity index (χ1) is 15.0.